The van der Waals surface area contributed by atoms with Gasteiger partial charge in [0.15, 0.2) is 0 Å². The molecule has 27 heavy (non-hydrogen) atoms. The number of hydrogen-bond donors (Lipinski definition) is 1. The molecule has 4 nitrogen and oxygen atoms in total. The summed E-state index contributed by atoms with van der Waals surface area (Å²) in [5.41, 5.74) is 1.40. The molecule has 2 aromatic rings. The molecule has 1 aliphatic carbocycles. The van der Waals surface area contributed by atoms with E-state index < -0.39 is 11.5 Å². The van der Waals surface area contributed by atoms with Crippen molar-refractivity contribution in [2.24, 2.45) is 5.41 Å². The maximum Gasteiger partial charge on any atom is 0.237 e. The van der Waals surface area contributed by atoms with E-state index in [-0.39, 0.29) is 23.0 Å². The summed E-state index contributed by atoms with van der Waals surface area (Å²) in [6.45, 7) is 2.52. The molecule has 2 amide bonds. The van der Waals surface area contributed by atoms with Gasteiger partial charge in [0, 0.05) is 17.6 Å². The monoisotopic (exact) mass is 364 g/mol. The molecule has 2 fully saturated rings. The van der Waals surface area contributed by atoms with E-state index in [1.807, 2.05) is 36.1 Å². The lowest BCUT2D eigenvalue weighted by atomic mass is 9.72. The van der Waals surface area contributed by atoms with Gasteiger partial charge in [-0.25, -0.2) is 4.39 Å². The van der Waals surface area contributed by atoms with Crippen LogP contribution in [0, 0.1) is 11.2 Å². The largest absolute Gasteiger partial charge is 0.334 e. The maximum atomic E-state index is 13.6. The molecular formula is C22H21FN2O2. The summed E-state index contributed by atoms with van der Waals surface area (Å²) in [6, 6.07) is 13.5. The lowest BCUT2D eigenvalue weighted by Gasteiger charge is -2.35. The van der Waals surface area contributed by atoms with Gasteiger partial charge < -0.3 is 10.2 Å². The van der Waals surface area contributed by atoms with E-state index in [1.54, 1.807) is 12.1 Å². The van der Waals surface area contributed by atoms with Gasteiger partial charge in [-0.2, -0.15) is 0 Å². The predicted molar refractivity (Wildman–Crippen MR) is 99.6 cm³/mol. The predicted octanol–water partition coefficient (Wildman–Crippen LogP) is 3.79. The quantitative estimate of drug-likeness (QED) is 0.881. The Morgan fingerprint density at radius 2 is 1.81 bits per heavy atom. The number of para-hydroxylation sites is 1. The van der Waals surface area contributed by atoms with Crippen molar-refractivity contribution in [1.82, 2.24) is 4.90 Å². The first kappa shape index (κ1) is 16.5. The molecule has 138 valence electrons. The van der Waals surface area contributed by atoms with E-state index in [0.717, 1.165) is 29.7 Å². The average Bonchev–Trinajstić information content (AvgIpc) is 3.20. The molecule has 1 saturated carbocycles. The second kappa shape index (κ2) is 5.41. The Morgan fingerprint density at radius 3 is 2.52 bits per heavy atom. The number of nitrogens with one attached hydrogen (secondary N) is 1. The third kappa shape index (κ3) is 2.20. The summed E-state index contributed by atoms with van der Waals surface area (Å²) in [5, 5.41) is 3.00. The third-order valence-electron chi connectivity index (χ3n) is 6.55. The van der Waals surface area contributed by atoms with Crippen LogP contribution in [0.3, 0.4) is 0 Å². The van der Waals surface area contributed by atoms with E-state index in [2.05, 4.69) is 5.32 Å². The van der Waals surface area contributed by atoms with E-state index in [9.17, 15) is 14.0 Å². The standard InChI is InChI=1S/C22H21FN2O2/c1-21(10-11-21)20(27)25-13-12-22(18(25)14-6-8-15(23)9-7-14)16-4-2-3-5-17(16)24-19(22)26/h2-9,18H,10-13H2,1H3,(H,24,26)/t18-,22+/m0/s1. The molecular weight excluding hydrogens is 343 g/mol. The second-order valence-corrected chi connectivity index (χ2v) is 8.23. The highest BCUT2D eigenvalue weighted by molar-refractivity contribution is 6.08. The molecule has 0 radical (unpaired) electrons. The van der Waals surface area contributed by atoms with Crippen LogP contribution in [0.25, 0.3) is 0 Å². The minimum absolute atomic E-state index is 0.0747. The van der Waals surface area contributed by atoms with Gasteiger partial charge in [-0.3, -0.25) is 9.59 Å². The Labute approximate surface area is 157 Å². The molecule has 0 aromatic heterocycles. The Balaban J connectivity index is 1.68. The lowest BCUT2D eigenvalue weighted by Crippen LogP contribution is -2.44. The van der Waals surface area contributed by atoms with Gasteiger partial charge in [0.25, 0.3) is 0 Å². The van der Waals surface area contributed by atoms with Crippen LogP contribution in [0.15, 0.2) is 48.5 Å². The summed E-state index contributed by atoms with van der Waals surface area (Å²) in [4.78, 5) is 28.3. The van der Waals surface area contributed by atoms with Crippen LogP contribution in [-0.2, 0) is 15.0 Å². The molecule has 3 aliphatic rings. The summed E-state index contributed by atoms with van der Waals surface area (Å²) >= 11 is 0. The maximum absolute atomic E-state index is 13.6. The summed E-state index contributed by atoms with van der Waals surface area (Å²) in [7, 11) is 0. The van der Waals surface area contributed by atoms with Crippen molar-refractivity contribution in [2.75, 3.05) is 11.9 Å². The molecule has 2 aromatic carbocycles. The number of rotatable bonds is 2. The summed E-state index contributed by atoms with van der Waals surface area (Å²) < 4.78 is 13.6. The van der Waals surface area contributed by atoms with Crippen molar-refractivity contribution >= 4 is 17.5 Å². The van der Waals surface area contributed by atoms with Crippen LogP contribution in [0.1, 0.15) is 43.4 Å². The molecule has 2 heterocycles. The number of benzene rings is 2. The fourth-order valence-corrected chi connectivity index (χ4v) is 4.76. The Kier molecular flexibility index (Phi) is 3.30. The molecule has 0 bridgehead atoms. The number of likely N-dealkylation sites (tertiary alicyclic amines) is 1. The van der Waals surface area contributed by atoms with Crippen molar-refractivity contribution in [3.05, 3.63) is 65.5 Å². The number of carbonyl (C=O) groups is 2. The number of hydrogen-bond acceptors (Lipinski definition) is 2. The van der Waals surface area contributed by atoms with E-state index in [0.29, 0.717) is 13.0 Å². The first-order valence-corrected chi connectivity index (χ1v) is 9.43. The minimum atomic E-state index is -0.824. The van der Waals surface area contributed by atoms with Crippen LogP contribution < -0.4 is 5.32 Å². The average molecular weight is 364 g/mol. The highest BCUT2D eigenvalue weighted by Gasteiger charge is 2.61. The fourth-order valence-electron chi connectivity index (χ4n) is 4.76. The molecule has 2 aliphatic heterocycles. The van der Waals surface area contributed by atoms with Gasteiger partial charge in [-0.1, -0.05) is 37.3 Å². The Hall–Kier alpha value is -2.69. The van der Waals surface area contributed by atoms with E-state index in [4.69, 9.17) is 0 Å². The number of nitrogens with zero attached hydrogens (tertiary/aromatic N) is 1. The Bertz CT molecular complexity index is 951. The topological polar surface area (TPSA) is 49.4 Å². The first-order valence-electron chi connectivity index (χ1n) is 9.43. The molecule has 5 rings (SSSR count). The van der Waals surface area contributed by atoms with Gasteiger partial charge >= 0.3 is 0 Å². The zero-order valence-corrected chi connectivity index (χ0v) is 15.2. The number of amides is 2. The van der Waals surface area contributed by atoms with E-state index in [1.165, 1.54) is 12.1 Å². The summed E-state index contributed by atoms with van der Waals surface area (Å²) in [6.07, 6.45) is 2.34. The van der Waals surface area contributed by atoms with Crippen molar-refractivity contribution < 1.29 is 14.0 Å². The number of halogens is 1. The SMILES string of the molecule is CC1(C(=O)N2CC[C@]3(C(=O)Nc4ccccc43)[C@@H]2c2ccc(F)cc2)CC1. The highest BCUT2D eigenvalue weighted by atomic mass is 19.1. The van der Waals surface area contributed by atoms with Crippen molar-refractivity contribution in [3.8, 4) is 0 Å². The molecule has 1 N–H and O–H groups in total. The smallest absolute Gasteiger partial charge is 0.237 e. The van der Waals surface area contributed by atoms with Crippen molar-refractivity contribution in [1.29, 1.82) is 0 Å². The minimum Gasteiger partial charge on any atom is -0.334 e. The number of anilines is 1. The van der Waals surface area contributed by atoms with Gasteiger partial charge in [0.2, 0.25) is 11.8 Å². The number of carbonyl (C=O) groups excluding carboxylic acids is 2. The second-order valence-electron chi connectivity index (χ2n) is 8.23. The van der Waals surface area contributed by atoms with Crippen LogP contribution >= 0.6 is 0 Å². The van der Waals surface area contributed by atoms with Gasteiger partial charge in [-0.05, 0) is 48.6 Å². The van der Waals surface area contributed by atoms with Crippen LogP contribution in [0.4, 0.5) is 10.1 Å². The van der Waals surface area contributed by atoms with Crippen LogP contribution in [0.2, 0.25) is 0 Å². The normalized spacial score (nSPS) is 27.6. The summed E-state index contributed by atoms with van der Waals surface area (Å²) in [5.74, 6) is -0.297. The molecule has 1 saturated heterocycles. The molecule has 0 unspecified atom stereocenters. The van der Waals surface area contributed by atoms with Crippen LogP contribution in [-0.4, -0.2) is 23.3 Å². The molecule has 2 atom stereocenters. The van der Waals surface area contributed by atoms with Gasteiger partial charge in [0.05, 0.1) is 6.04 Å². The first-order chi connectivity index (χ1) is 13.0. The van der Waals surface area contributed by atoms with Gasteiger partial charge in [0.1, 0.15) is 11.2 Å². The fraction of sp³-hybridized carbons (Fsp3) is 0.364. The van der Waals surface area contributed by atoms with E-state index >= 15 is 0 Å². The van der Waals surface area contributed by atoms with Crippen molar-refractivity contribution in [2.45, 2.75) is 37.6 Å². The van der Waals surface area contributed by atoms with Crippen molar-refractivity contribution in [3.63, 3.8) is 0 Å². The highest BCUT2D eigenvalue weighted by Crippen LogP contribution is 2.57. The third-order valence-corrected chi connectivity index (χ3v) is 6.55. The zero-order valence-electron chi connectivity index (χ0n) is 15.2. The number of fused-ring (bicyclic) bond motifs is 2. The Morgan fingerprint density at radius 1 is 1.11 bits per heavy atom. The van der Waals surface area contributed by atoms with Crippen LogP contribution in [0.5, 0.6) is 0 Å². The molecule has 5 heteroatoms. The zero-order chi connectivity index (χ0) is 18.8. The van der Waals surface area contributed by atoms with Gasteiger partial charge in [-0.15, -0.1) is 0 Å². The molecule has 1 spiro atoms. The lowest BCUT2D eigenvalue weighted by molar-refractivity contribution is -0.138.